The zero-order valence-electron chi connectivity index (χ0n) is 5.90. The molecule has 2 heterocycles. The summed E-state index contributed by atoms with van der Waals surface area (Å²) in [6.07, 6.45) is 0. The van der Waals surface area contributed by atoms with Crippen molar-refractivity contribution >= 4 is 11.3 Å². The van der Waals surface area contributed by atoms with Crippen LogP contribution < -0.4 is 0 Å². The van der Waals surface area contributed by atoms with Gasteiger partial charge in [0.05, 0.1) is 0 Å². The topological polar surface area (TPSA) is 54.5 Å². The summed E-state index contributed by atoms with van der Waals surface area (Å²) in [6, 6.07) is 0. The maximum atomic E-state index is 3.81. The Bertz CT molecular complexity index is 337. The highest BCUT2D eigenvalue weighted by atomic mass is 32.1. The summed E-state index contributed by atoms with van der Waals surface area (Å²) in [7, 11) is 0. The lowest BCUT2D eigenvalue weighted by Gasteiger charge is -1.88. The molecule has 0 unspecified atom stereocenters. The third-order valence-electron chi connectivity index (χ3n) is 1.46. The molecular weight excluding hydrogens is 160 g/mol. The Morgan fingerprint density at radius 3 is 2.91 bits per heavy atom. The average Bonchev–Trinajstić information content (AvgIpc) is 2.55. The number of hydrogen-bond acceptors (Lipinski definition) is 4. The van der Waals surface area contributed by atoms with Gasteiger partial charge >= 0.3 is 0 Å². The molecule has 0 aliphatic rings. The van der Waals surface area contributed by atoms with Crippen LogP contribution in [-0.4, -0.2) is 20.6 Å². The molecule has 4 nitrogen and oxygen atoms in total. The number of rotatable bonds is 1. The number of hydrogen-bond donors (Lipinski definition) is 1. The minimum absolute atomic E-state index is 0.740. The van der Waals surface area contributed by atoms with E-state index in [0.29, 0.717) is 0 Å². The van der Waals surface area contributed by atoms with Crippen molar-refractivity contribution in [1.82, 2.24) is 20.6 Å². The van der Waals surface area contributed by atoms with Gasteiger partial charge in [-0.05, 0) is 28.3 Å². The molecule has 0 atom stereocenters. The SMILES string of the molecule is Cc1cscc1-c1nnn[nH]1. The molecule has 1 N–H and O–H groups in total. The predicted octanol–water partition coefficient (Wildman–Crippen LogP) is 1.24. The fourth-order valence-electron chi connectivity index (χ4n) is 0.876. The summed E-state index contributed by atoms with van der Waals surface area (Å²) in [5.74, 6) is 0.740. The molecule has 0 bridgehead atoms. The van der Waals surface area contributed by atoms with Crippen LogP contribution in [0.15, 0.2) is 10.8 Å². The molecule has 0 spiro atoms. The molecule has 0 fully saturated rings. The van der Waals surface area contributed by atoms with E-state index in [0.717, 1.165) is 11.4 Å². The number of tetrazole rings is 1. The molecule has 2 aromatic rings. The number of nitrogens with one attached hydrogen (secondary N) is 1. The first-order chi connectivity index (χ1) is 5.38. The normalized spacial score (nSPS) is 10.3. The molecule has 11 heavy (non-hydrogen) atoms. The quantitative estimate of drug-likeness (QED) is 0.693. The third kappa shape index (κ3) is 1.03. The van der Waals surface area contributed by atoms with Crippen LogP contribution in [0, 0.1) is 6.92 Å². The van der Waals surface area contributed by atoms with E-state index in [9.17, 15) is 0 Å². The lowest BCUT2D eigenvalue weighted by molar-refractivity contribution is 0.881. The number of H-pyrrole nitrogens is 1. The molecule has 0 aliphatic heterocycles. The molecule has 0 saturated heterocycles. The number of aromatic amines is 1. The van der Waals surface area contributed by atoms with Crippen LogP contribution in [0.2, 0.25) is 0 Å². The van der Waals surface area contributed by atoms with Crippen molar-refractivity contribution in [3.8, 4) is 11.4 Å². The van der Waals surface area contributed by atoms with Crippen LogP contribution in [-0.2, 0) is 0 Å². The van der Waals surface area contributed by atoms with Crippen molar-refractivity contribution < 1.29 is 0 Å². The predicted molar refractivity (Wildman–Crippen MR) is 42.2 cm³/mol. The number of aryl methyl sites for hydroxylation is 1. The zero-order valence-corrected chi connectivity index (χ0v) is 6.72. The van der Waals surface area contributed by atoms with Gasteiger partial charge < -0.3 is 0 Å². The minimum atomic E-state index is 0.740. The van der Waals surface area contributed by atoms with Crippen molar-refractivity contribution in [1.29, 1.82) is 0 Å². The zero-order chi connectivity index (χ0) is 7.68. The summed E-state index contributed by atoms with van der Waals surface area (Å²) in [5, 5.41) is 17.6. The third-order valence-corrected chi connectivity index (χ3v) is 2.32. The van der Waals surface area contributed by atoms with Gasteiger partial charge in [-0.25, -0.2) is 5.10 Å². The summed E-state index contributed by atoms with van der Waals surface area (Å²) in [5.41, 5.74) is 2.29. The lowest BCUT2D eigenvalue weighted by atomic mass is 10.2. The van der Waals surface area contributed by atoms with Crippen LogP contribution in [0.3, 0.4) is 0 Å². The molecule has 5 heteroatoms. The number of nitrogens with zero attached hydrogens (tertiary/aromatic N) is 3. The van der Waals surface area contributed by atoms with E-state index in [4.69, 9.17) is 0 Å². The molecule has 2 aromatic heterocycles. The Labute approximate surface area is 67.3 Å². The number of thiophene rings is 1. The van der Waals surface area contributed by atoms with Crippen molar-refractivity contribution in [2.45, 2.75) is 6.92 Å². The fraction of sp³-hybridized carbons (Fsp3) is 0.167. The molecule has 0 aliphatic carbocycles. The maximum Gasteiger partial charge on any atom is 0.180 e. The second kappa shape index (κ2) is 2.43. The standard InChI is InChI=1S/C6H6N4S/c1-4-2-11-3-5(4)6-7-9-10-8-6/h2-3H,1H3,(H,7,8,9,10). The Kier molecular flexibility index (Phi) is 1.43. The lowest BCUT2D eigenvalue weighted by Crippen LogP contribution is -1.79. The highest BCUT2D eigenvalue weighted by Crippen LogP contribution is 2.21. The Hall–Kier alpha value is -1.23. The maximum absolute atomic E-state index is 3.81. The summed E-state index contributed by atoms with van der Waals surface area (Å²) in [4.78, 5) is 0. The van der Waals surface area contributed by atoms with Crippen LogP contribution in [0.4, 0.5) is 0 Å². The van der Waals surface area contributed by atoms with E-state index in [1.165, 1.54) is 5.56 Å². The first-order valence-electron chi connectivity index (χ1n) is 3.15. The molecule has 0 radical (unpaired) electrons. The largest absolute Gasteiger partial charge is 0.239 e. The van der Waals surface area contributed by atoms with Crippen LogP contribution in [0.1, 0.15) is 5.56 Å². The van der Waals surface area contributed by atoms with E-state index in [1.807, 2.05) is 12.3 Å². The van der Waals surface area contributed by atoms with Gasteiger partial charge in [0.1, 0.15) is 0 Å². The molecular formula is C6H6N4S. The van der Waals surface area contributed by atoms with E-state index in [2.05, 4.69) is 26.0 Å². The van der Waals surface area contributed by atoms with E-state index in [-0.39, 0.29) is 0 Å². The summed E-state index contributed by atoms with van der Waals surface area (Å²) < 4.78 is 0. The molecule has 0 amide bonds. The van der Waals surface area contributed by atoms with Crippen molar-refractivity contribution in [2.75, 3.05) is 0 Å². The van der Waals surface area contributed by atoms with Gasteiger partial charge in [0.15, 0.2) is 5.82 Å². The van der Waals surface area contributed by atoms with Gasteiger partial charge in [-0.2, -0.15) is 11.3 Å². The summed E-state index contributed by atoms with van der Waals surface area (Å²) in [6.45, 7) is 2.04. The Morgan fingerprint density at radius 1 is 1.45 bits per heavy atom. The van der Waals surface area contributed by atoms with Crippen molar-refractivity contribution in [2.24, 2.45) is 0 Å². The Morgan fingerprint density at radius 2 is 2.36 bits per heavy atom. The van der Waals surface area contributed by atoms with Gasteiger partial charge in [-0.3, -0.25) is 0 Å². The van der Waals surface area contributed by atoms with Gasteiger partial charge in [0, 0.05) is 10.9 Å². The average molecular weight is 166 g/mol. The molecule has 0 aromatic carbocycles. The van der Waals surface area contributed by atoms with Crippen molar-refractivity contribution in [3.05, 3.63) is 16.3 Å². The highest BCUT2D eigenvalue weighted by Gasteiger charge is 2.04. The van der Waals surface area contributed by atoms with Gasteiger partial charge in [-0.1, -0.05) is 0 Å². The van der Waals surface area contributed by atoms with E-state index >= 15 is 0 Å². The first kappa shape index (κ1) is 6.48. The van der Waals surface area contributed by atoms with Crippen LogP contribution >= 0.6 is 11.3 Å². The van der Waals surface area contributed by atoms with Gasteiger partial charge in [0.25, 0.3) is 0 Å². The van der Waals surface area contributed by atoms with Crippen molar-refractivity contribution in [3.63, 3.8) is 0 Å². The fourth-order valence-corrected chi connectivity index (χ4v) is 1.71. The second-order valence-corrected chi connectivity index (χ2v) is 2.96. The van der Waals surface area contributed by atoms with E-state index < -0.39 is 0 Å². The van der Waals surface area contributed by atoms with E-state index in [1.54, 1.807) is 11.3 Å². The van der Waals surface area contributed by atoms with Gasteiger partial charge in [0.2, 0.25) is 0 Å². The van der Waals surface area contributed by atoms with Crippen LogP contribution in [0.5, 0.6) is 0 Å². The minimum Gasteiger partial charge on any atom is -0.239 e. The summed E-state index contributed by atoms with van der Waals surface area (Å²) >= 11 is 1.65. The molecule has 2 rings (SSSR count). The monoisotopic (exact) mass is 166 g/mol. The van der Waals surface area contributed by atoms with Crippen LogP contribution in [0.25, 0.3) is 11.4 Å². The number of aromatic nitrogens is 4. The van der Waals surface area contributed by atoms with Gasteiger partial charge in [-0.15, -0.1) is 5.10 Å². The molecule has 56 valence electrons. The highest BCUT2D eigenvalue weighted by molar-refractivity contribution is 7.08. The second-order valence-electron chi connectivity index (χ2n) is 2.22. The Balaban J connectivity index is 2.53. The molecule has 0 saturated carbocycles. The first-order valence-corrected chi connectivity index (χ1v) is 4.09. The smallest absolute Gasteiger partial charge is 0.180 e.